The van der Waals surface area contributed by atoms with Gasteiger partial charge in [0.05, 0.1) is 5.51 Å². The summed E-state index contributed by atoms with van der Waals surface area (Å²) in [6, 6.07) is -1.66. The van der Waals surface area contributed by atoms with Crippen molar-refractivity contribution in [1.82, 2.24) is 20.5 Å². The van der Waals surface area contributed by atoms with Crippen LogP contribution in [0.15, 0.2) is 10.9 Å². The third kappa shape index (κ3) is 3.90. The molecule has 1 aromatic heterocycles. The molecule has 0 spiro atoms. The Morgan fingerprint density at radius 1 is 1.50 bits per heavy atom. The number of alkyl halides is 3. The van der Waals surface area contributed by atoms with Gasteiger partial charge in [-0.2, -0.15) is 13.2 Å². The molecule has 0 aromatic carbocycles. The number of carbonyl (C=O) groups is 1. The first-order chi connectivity index (χ1) is 9.48. The van der Waals surface area contributed by atoms with Crippen LogP contribution in [0.25, 0.3) is 0 Å². The molecule has 2 N–H and O–H groups in total. The van der Waals surface area contributed by atoms with Gasteiger partial charge in [-0.1, -0.05) is 0 Å². The van der Waals surface area contributed by atoms with E-state index in [4.69, 9.17) is 0 Å². The summed E-state index contributed by atoms with van der Waals surface area (Å²) in [6.07, 6.45) is -4.37. The molecule has 1 atom stereocenters. The number of halogens is 3. The van der Waals surface area contributed by atoms with E-state index in [0.29, 0.717) is 26.2 Å². The predicted octanol–water partition coefficient (Wildman–Crippen LogP) is 0.709. The van der Waals surface area contributed by atoms with Gasteiger partial charge >= 0.3 is 6.18 Å². The fraction of sp³-hybridized carbons (Fsp3) is 0.636. The summed E-state index contributed by atoms with van der Waals surface area (Å²) >= 11 is 1.22. The average molecular weight is 308 g/mol. The first kappa shape index (κ1) is 15.2. The van der Waals surface area contributed by atoms with Crippen LogP contribution in [-0.4, -0.2) is 60.7 Å². The van der Waals surface area contributed by atoms with Gasteiger partial charge in [0.25, 0.3) is 5.91 Å². The van der Waals surface area contributed by atoms with Crippen LogP contribution < -0.4 is 10.6 Å². The molecule has 1 aromatic rings. The van der Waals surface area contributed by atoms with Gasteiger partial charge in [-0.05, 0) is 0 Å². The molecular formula is C11H15F3N4OS. The number of hydrogen-bond acceptors (Lipinski definition) is 5. The number of carbonyl (C=O) groups excluding carboxylic acids is 1. The molecule has 2 heterocycles. The van der Waals surface area contributed by atoms with Crippen LogP contribution in [-0.2, 0) is 0 Å². The third-order valence-corrected chi connectivity index (χ3v) is 3.68. The Morgan fingerprint density at radius 3 is 2.75 bits per heavy atom. The SMILES string of the molecule is O=C(NCC(N1CCNCC1)C(F)(F)F)c1cscn1. The van der Waals surface area contributed by atoms with E-state index in [-0.39, 0.29) is 5.69 Å². The highest BCUT2D eigenvalue weighted by Gasteiger charge is 2.43. The fourth-order valence-corrected chi connectivity index (χ4v) is 2.58. The summed E-state index contributed by atoms with van der Waals surface area (Å²) in [5, 5.41) is 6.82. The summed E-state index contributed by atoms with van der Waals surface area (Å²) in [6.45, 7) is 1.21. The number of nitrogens with one attached hydrogen (secondary N) is 2. The van der Waals surface area contributed by atoms with Gasteiger partial charge in [0.1, 0.15) is 11.7 Å². The van der Waals surface area contributed by atoms with Crippen molar-refractivity contribution in [1.29, 1.82) is 0 Å². The van der Waals surface area contributed by atoms with E-state index >= 15 is 0 Å². The fourth-order valence-electron chi connectivity index (χ4n) is 2.05. The molecule has 1 unspecified atom stereocenters. The van der Waals surface area contributed by atoms with E-state index in [9.17, 15) is 18.0 Å². The zero-order valence-corrected chi connectivity index (χ0v) is 11.4. The first-order valence-electron chi connectivity index (χ1n) is 6.16. The molecule has 0 radical (unpaired) electrons. The summed E-state index contributed by atoms with van der Waals surface area (Å²) in [5.74, 6) is -0.573. The molecule has 9 heteroatoms. The molecule has 0 saturated carbocycles. The molecule has 1 aliphatic heterocycles. The molecule has 2 rings (SSSR count). The van der Waals surface area contributed by atoms with Crippen LogP contribution in [0.4, 0.5) is 13.2 Å². The average Bonchev–Trinajstić information content (AvgIpc) is 2.92. The van der Waals surface area contributed by atoms with Gasteiger partial charge < -0.3 is 10.6 Å². The van der Waals surface area contributed by atoms with Crippen LogP contribution in [0, 0.1) is 0 Å². The minimum absolute atomic E-state index is 0.149. The van der Waals surface area contributed by atoms with Gasteiger partial charge in [0, 0.05) is 38.1 Å². The summed E-state index contributed by atoms with van der Waals surface area (Å²) in [5.41, 5.74) is 1.61. The lowest BCUT2D eigenvalue weighted by atomic mass is 10.2. The Morgan fingerprint density at radius 2 is 2.20 bits per heavy atom. The van der Waals surface area contributed by atoms with Crippen LogP contribution in [0.2, 0.25) is 0 Å². The van der Waals surface area contributed by atoms with Crippen molar-refractivity contribution in [2.75, 3.05) is 32.7 Å². The number of piperazine rings is 1. The second kappa shape index (κ2) is 6.51. The van der Waals surface area contributed by atoms with Crippen molar-refractivity contribution in [3.8, 4) is 0 Å². The molecule has 0 aliphatic carbocycles. The molecule has 1 aliphatic rings. The highest BCUT2D eigenvalue weighted by atomic mass is 32.1. The number of thiazole rings is 1. The Labute approximate surface area is 118 Å². The van der Waals surface area contributed by atoms with E-state index < -0.39 is 24.7 Å². The Balaban J connectivity index is 1.95. The molecule has 20 heavy (non-hydrogen) atoms. The van der Waals surface area contributed by atoms with Crippen molar-refractivity contribution < 1.29 is 18.0 Å². The highest BCUT2D eigenvalue weighted by molar-refractivity contribution is 7.07. The van der Waals surface area contributed by atoms with Crippen LogP contribution in [0.5, 0.6) is 0 Å². The second-order valence-corrected chi connectivity index (χ2v) is 5.15. The molecule has 1 fully saturated rings. The van der Waals surface area contributed by atoms with Crippen molar-refractivity contribution in [2.45, 2.75) is 12.2 Å². The standard InChI is InChI=1S/C11H15F3N4OS/c12-11(13,14)9(18-3-1-15-2-4-18)5-16-10(19)8-6-20-7-17-8/h6-7,9,15H,1-5H2,(H,16,19). The zero-order chi connectivity index (χ0) is 14.6. The topological polar surface area (TPSA) is 57.3 Å². The maximum atomic E-state index is 13.1. The normalized spacial score (nSPS) is 18.8. The van der Waals surface area contributed by atoms with E-state index in [0.717, 1.165) is 0 Å². The summed E-state index contributed by atoms with van der Waals surface area (Å²) in [4.78, 5) is 16.8. The third-order valence-electron chi connectivity index (χ3n) is 3.09. The molecule has 0 bridgehead atoms. The van der Waals surface area contributed by atoms with Gasteiger partial charge in [-0.3, -0.25) is 9.69 Å². The Bertz CT molecular complexity index is 431. The lowest BCUT2D eigenvalue weighted by molar-refractivity contribution is -0.183. The monoisotopic (exact) mass is 308 g/mol. The van der Waals surface area contributed by atoms with Crippen molar-refractivity contribution in [2.24, 2.45) is 0 Å². The van der Waals surface area contributed by atoms with E-state index in [2.05, 4.69) is 15.6 Å². The largest absolute Gasteiger partial charge is 0.405 e. The zero-order valence-electron chi connectivity index (χ0n) is 10.6. The molecule has 5 nitrogen and oxygen atoms in total. The van der Waals surface area contributed by atoms with Crippen molar-refractivity contribution in [3.63, 3.8) is 0 Å². The minimum atomic E-state index is -4.37. The number of aromatic nitrogens is 1. The highest BCUT2D eigenvalue weighted by Crippen LogP contribution is 2.24. The maximum absolute atomic E-state index is 13.1. The lowest BCUT2D eigenvalue weighted by Crippen LogP contribution is -2.57. The number of nitrogens with zero attached hydrogens (tertiary/aromatic N) is 2. The van der Waals surface area contributed by atoms with E-state index in [1.165, 1.54) is 27.1 Å². The van der Waals surface area contributed by atoms with Crippen LogP contribution in [0.1, 0.15) is 10.5 Å². The number of hydrogen-bond donors (Lipinski definition) is 2. The quantitative estimate of drug-likeness (QED) is 0.860. The van der Waals surface area contributed by atoms with E-state index in [1.54, 1.807) is 0 Å². The molecular weight excluding hydrogens is 293 g/mol. The predicted molar refractivity (Wildman–Crippen MR) is 68.7 cm³/mol. The Kier molecular flexibility index (Phi) is 4.95. The van der Waals surface area contributed by atoms with Crippen molar-refractivity contribution in [3.05, 3.63) is 16.6 Å². The van der Waals surface area contributed by atoms with Crippen molar-refractivity contribution >= 4 is 17.2 Å². The number of amides is 1. The molecule has 1 saturated heterocycles. The van der Waals surface area contributed by atoms with E-state index in [1.807, 2.05) is 0 Å². The molecule has 1 amide bonds. The van der Waals surface area contributed by atoms with Gasteiger partial charge in [-0.15, -0.1) is 11.3 Å². The second-order valence-electron chi connectivity index (χ2n) is 4.43. The van der Waals surface area contributed by atoms with Gasteiger partial charge in [0.2, 0.25) is 0 Å². The smallest absolute Gasteiger partial charge is 0.349 e. The Hall–Kier alpha value is -1.19. The summed E-state index contributed by atoms with van der Waals surface area (Å²) < 4.78 is 39.2. The summed E-state index contributed by atoms with van der Waals surface area (Å²) in [7, 11) is 0. The number of rotatable bonds is 4. The molecule has 112 valence electrons. The van der Waals surface area contributed by atoms with Crippen LogP contribution >= 0.6 is 11.3 Å². The lowest BCUT2D eigenvalue weighted by Gasteiger charge is -2.35. The first-order valence-corrected chi connectivity index (χ1v) is 7.10. The minimum Gasteiger partial charge on any atom is -0.349 e. The van der Waals surface area contributed by atoms with Gasteiger partial charge in [-0.25, -0.2) is 4.98 Å². The van der Waals surface area contributed by atoms with Gasteiger partial charge in [0.15, 0.2) is 0 Å². The van der Waals surface area contributed by atoms with Crippen LogP contribution in [0.3, 0.4) is 0 Å². The maximum Gasteiger partial charge on any atom is 0.405 e.